The van der Waals surface area contributed by atoms with Gasteiger partial charge >= 0.3 is 0 Å². The Morgan fingerprint density at radius 1 is 1.38 bits per heavy atom. The van der Waals surface area contributed by atoms with Crippen LogP contribution in [0.1, 0.15) is 39.5 Å². The molecule has 2 rings (SSSR count). The van der Waals surface area contributed by atoms with E-state index in [1.54, 1.807) is 12.1 Å². The van der Waals surface area contributed by atoms with Gasteiger partial charge in [-0.05, 0) is 50.5 Å². The number of piperidine rings is 1. The molecule has 7 heteroatoms. The maximum Gasteiger partial charge on any atom is 0.243 e. The second-order valence-electron chi connectivity index (χ2n) is 6.35. The topological polar surface area (TPSA) is 66.5 Å². The fourth-order valence-electron chi connectivity index (χ4n) is 3.00. The van der Waals surface area contributed by atoms with Gasteiger partial charge in [0.25, 0.3) is 0 Å². The van der Waals surface area contributed by atoms with Crippen molar-refractivity contribution in [1.82, 2.24) is 9.62 Å². The maximum atomic E-state index is 12.7. The van der Waals surface area contributed by atoms with Gasteiger partial charge in [0.1, 0.15) is 0 Å². The third-order valence-electron chi connectivity index (χ3n) is 4.32. The number of nitrogens with zero attached hydrogens (tertiary/aromatic N) is 1. The molecule has 1 aliphatic rings. The molecule has 0 radical (unpaired) electrons. The van der Waals surface area contributed by atoms with Crippen LogP contribution in [0.4, 0.5) is 0 Å². The number of sulfonamides is 1. The number of rotatable bonds is 6. The Morgan fingerprint density at radius 3 is 2.67 bits per heavy atom. The largest absolute Gasteiger partial charge is 0.353 e. The van der Waals surface area contributed by atoms with E-state index in [0.29, 0.717) is 18.0 Å². The molecule has 5 nitrogen and oxygen atoms in total. The molecule has 1 aromatic carbocycles. The summed E-state index contributed by atoms with van der Waals surface area (Å²) >= 11 is 5.82. The zero-order valence-electron chi connectivity index (χ0n) is 14.2. The monoisotopic (exact) mass is 372 g/mol. The Morgan fingerprint density at radius 2 is 2.04 bits per heavy atom. The molecule has 1 saturated heterocycles. The van der Waals surface area contributed by atoms with Crippen LogP contribution in [-0.4, -0.2) is 37.8 Å². The first kappa shape index (κ1) is 19.2. The van der Waals surface area contributed by atoms with E-state index in [0.717, 1.165) is 19.3 Å². The first-order valence-corrected chi connectivity index (χ1v) is 10.2. The molecule has 1 fully saturated rings. The molecule has 1 amide bonds. The molecule has 0 aromatic heterocycles. The zero-order valence-corrected chi connectivity index (χ0v) is 15.7. The molecule has 1 heterocycles. The van der Waals surface area contributed by atoms with Gasteiger partial charge in [-0.1, -0.05) is 24.9 Å². The normalized spacial score (nSPS) is 20.5. The summed E-state index contributed by atoms with van der Waals surface area (Å²) in [5, 5.41) is 3.49. The van der Waals surface area contributed by atoms with Crippen molar-refractivity contribution in [1.29, 1.82) is 0 Å². The lowest BCUT2D eigenvalue weighted by atomic mass is 9.98. The van der Waals surface area contributed by atoms with Crippen molar-refractivity contribution in [3.05, 3.63) is 29.3 Å². The molecule has 0 aliphatic carbocycles. The highest BCUT2D eigenvalue weighted by molar-refractivity contribution is 7.89. The first-order valence-electron chi connectivity index (χ1n) is 8.40. The number of amides is 1. The average Bonchev–Trinajstić information content (AvgIpc) is 2.55. The van der Waals surface area contributed by atoms with Gasteiger partial charge in [0.15, 0.2) is 0 Å². The minimum absolute atomic E-state index is 0.0491. The molecule has 0 spiro atoms. The minimum atomic E-state index is -3.59. The SMILES string of the molecule is CCC[C@@H](C)NC(=O)[C@@H]1CCCN(S(=O)(=O)c2ccc(Cl)cc2)C1. The molecule has 0 bridgehead atoms. The highest BCUT2D eigenvalue weighted by atomic mass is 35.5. The summed E-state index contributed by atoms with van der Waals surface area (Å²) in [5.74, 6) is -0.341. The van der Waals surface area contributed by atoms with Crippen molar-refractivity contribution in [3.63, 3.8) is 0 Å². The Balaban J connectivity index is 2.07. The molecule has 134 valence electrons. The van der Waals surface area contributed by atoms with Crippen LogP contribution in [0.5, 0.6) is 0 Å². The standard InChI is InChI=1S/C17H25ClN2O3S/c1-3-5-13(2)19-17(21)14-6-4-11-20(12-14)24(22,23)16-9-7-15(18)8-10-16/h7-10,13-14H,3-6,11-12H2,1-2H3,(H,19,21)/t13-,14-/m1/s1. The fourth-order valence-corrected chi connectivity index (χ4v) is 4.65. The Kier molecular flexibility index (Phi) is 6.66. The fraction of sp³-hybridized carbons (Fsp3) is 0.588. The first-order chi connectivity index (χ1) is 11.3. The average molecular weight is 373 g/mol. The van der Waals surface area contributed by atoms with E-state index in [4.69, 9.17) is 11.6 Å². The summed E-state index contributed by atoms with van der Waals surface area (Å²) in [6.07, 6.45) is 3.33. The molecule has 1 aromatic rings. The Bertz CT molecular complexity index is 661. The third-order valence-corrected chi connectivity index (χ3v) is 6.45. The lowest BCUT2D eigenvalue weighted by molar-refractivity contribution is -0.126. The van der Waals surface area contributed by atoms with Crippen molar-refractivity contribution in [3.8, 4) is 0 Å². The minimum Gasteiger partial charge on any atom is -0.353 e. The highest BCUT2D eigenvalue weighted by Gasteiger charge is 2.33. The van der Waals surface area contributed by atoms with Crippen molar-refractivity contribution >= 4 is 27.5 Å². The van der Waals surface area contributed by atoms with Gasteiger partial charge in [-0.25, -0.2) is 8.42 Å². The number of nitrogens with one attached hydrogen (secondary N) is 1. The molecule has 1 N–H and O–H groups in total. The lowest BCUT2D eigenvalue weighted by Gasteiger charge is -2.31. The van der Waals surface area contributed by atoms with Crippen molar-refractivity contribution in [2.45, 2.75) is 50.5 Å². The molecule has 0 saturated carbocycles. The predicted molar refractivity (Wildman–Crippen MR) is 95.4 cm³/mol. The van der Waals surface area contributed by atoms with E-state index in [2.05, 4.69) is 12.2 Å². The summed E-state index contributed by atoms with van der Waals surface area (Å²) in [6.45, 7) is 4.73. The van der Waals surface area contributed by atoms with Crippen LogP contribution in [0.15, 0.2) is 29.2 Å². The van der Waals surface area contributed by atoms with Gasteiger partial charge in [0.2, 0.25) is 15.9 Å². The molecule has 0 unspecified atom stereocenters. The maximum absolute atomic E-state index is 12.7. The number of carbonyl (C=O) groups is 1. The van der Waals surface area contributed by atoms with Crippen molar-refractivity contribution in [2.75, 3.05) is 13.1 Å². The number of hydrogen-bond acceptors (Lipinski definition) is 3. The second kappa shape index (κ2) is 8.32. The highest BCUT2D eigenvalue weighted by Crippen LogP contribution is 2.25. The van der Waals surface area contributed by atoms with Gasteiger partial charge < -0.3 is 5.32 Å². The number of carbonyl (C=O) groups excluding carboxylic acids is 1. The van der Waals surface area contributed by atoms with Crippen LogP contribution in [0.3, 0.4) is 0 Å². The van der Waals surface area contributed by atoms with Gasteiger partial charge in [-0.15, -0.1) is 0 Å². The van der Waals surface area contributed by atoms with E-state index in [-0.39, 0.29) is 29.3 Å². The van der Waals surface area contributed by atoms with Gasteiger partial charge in [0.05, 0.1) is 10.8 Å². The van der Waals surface area contributed by atoms with Crippen molar-refractivity contribution < 1.29 is 13.2 Å². The number of halogens is 1. The summed E-state index contributed by atoms with van der Waals surface area (Å²) in [4.78, 5) is 12.6. The summed E-state index contributed by atoms with van der Waals surface area (Å²) in [7, 11) is -3.59. The molecule has 24 heavy (non-hydrogen) atoms. The Labute approximate surface area is 149 Å². The van der Waals surface area contributed by atoms with E-state index in [1.807, 2.05) is 6.92 Å². The van der Waals surface area contributed by atoms with E-state index in [9.17, 15) is 13.2 Å². The zero-order chi connectivity index (χ0) is 17.7. The molecule has 1 aliphatic heterocycles. The Hall–Kier alpha value is -1.11. The van der Waals surface area contributed by atoms with Crippen molar-refractivity contribution in [2.24, 2.45) is 5.92 Å². The van der Waals surface area contributed by atoms with Crippen LogP contribution in [0, 0.1) is 5.92 Å². The number of hydrogen-bond donors (Lipinski definition) is 1. The smallest absolute Gasteiger partial charge is 0.243 e. The summed E-state index contributed by atoms with van der Waals surface area (Å²) in [5.41, 5.74) is 0. The second-order valence-corrected chi connectivity index (χ2v) is 8.73. The number of benzene rings is 1. The van der Waals surface area contributed by atoms with E-state index in [1.165, 1.54) is 16.4 Å². The molecule has 2 atom stereocenters. The molecular weight excluding hydrogens is 348 g/mol. The van der Waals surface area contributed by atoms with Crippen LogP contribution >= 0.6 is 11.6 Å². The molecular formula is C17H25ClN2O3S. The summed E-state index contributed by atoms with van der Waals surface area (Å²) < 4.78 is 26.9. The van der Waals surface area contributed by atoms with Gasteiger partial charge in [-0.3, -0.25) is 4.79 Å². The van der Waals surface area contributed by atoms with Crippen LogP contribution in [-0.2, 0) is 14.8 Å². The van der Waals surface area contributed by atoms with E-state index < -0.39 is 10.0 Å². The van der Waals surface area contributed by atoms with Gasteiger partial charge in [-0.2, -0.15) is 4.31 Å². The van der Waals surface area contributed by atoms with Crippen LogP contribution < -0.4 is 5.32 Å². The third kappa shape index (κ3) is 4.71. The van der Waals surface area contributed by atoms with Crippen LogP contribution in [0.25, 0.3) is 0 Å². The summed E-state index contributed by atoms with van der Waals surface area (Å²) in [6, 6.07) is 6.25. The van der Waals surface area contributed by atoms with Gasteiger partial charge in [0, 0.05) is 24.2 Å². The lowest BCUT2D eigenvalue weighted by Crippen LogP contribution is -2.47. The van der Waals surface area contributed by atoms with E-state index >= 15 is 0 Å². The van der Waals surface area contributed by atoms with Crippen LogP contribution in [0.2, 0.25) is 5.02 Å². The predicted octanol–water partition coefficient (Wildman–Crippen LogP) is 3.05. The quantitative estimate of drug-likeness (QED) is 0.834.